The van der Waals surface area contributed by atoms with E-state index < -0.39 is 17.7 Å². The Kier molecular flexibility index (Phi) is 5.48. The topological polar surface area (TPSA) is 70.5 Å². The number of ketones is 1. The number of anilines is 1. The highest BCUT2D eigenvalue weighted by Crippen LogP contribution is 2.43. The number of aromatic nitrogens is 1. The molecule has 174 valence electrons. The maximum Gasteiger partial charge on any atom is 0.300 e. The minimum atomic E-state index is -0.780. The predicted molar refractivity (Wildman–Crippen MR) is 138 cm³/mol. The molecule has 5 rings (SSSR count). The van der Waals surface area contributed by atoms with E-state index >= 15 is 0 Å². The summed E-state index contributed by atoms with van der Waals surface area (Å²) in [6.07, 6.45) is 3.24. The second-order valence-electron chi connectivity index (χ2n) is 9.77. The lowest BCUT2D eigenvalue weighted by molar-refractivity contribution is -0.132. The molecule has 1 aromatic heterocycles. The van der Waals surface area contributed by atoms with Crippen molar-refractivity contribution in [1.29, 1.82) is 0 Å². The van der Waals surface area contributed by atoms with Crippen molar-refractivity contribution in [2.75, 3.05) is 4.90 Å². The smallest absolute Gasteiger partial charge is 0.300 e. The van der Waals surface area contributed by atoms with Gasteiger partial charge >= 0.3 is 0 Å². The molecule has 0 saturated carbocycles. The van der Waals surface area contributed by atoms with Crippen LogP contribution in [0.5, 0.6) is 0 Å². The van der Waals surface area contributed by atoms with E-state index in [9.17, 15) is 14.7 Å². The van der Waals surface area contributed by atoms with Crippen molar-refractivity contribution < 1.29 is 14.7 Å². The molecule has 1 N–H and O–H groups in total. The van der Waals surface area contributed by atoms with Gasteiger partial charge in [0.15, 0.2) is 0 Å². The third-order valence-electron chi connectivity index (χ3n) is 6.52. The summed E-state index contributed by atoms with van der Waals surface area (Å²) in [7, 11) is 0. The Labute approximate surface area is 204 Å². The van der Waals surface area contributed by atoms with Crippen molar-refractivity contribution in [3.05, 3.63) is 114 Å². The van der Waals surface area contributed by atoms with Gasteiger partial charge in [-0.25, -0.2) is 0 Å². The molecule has 0 radical (unpaired) electrons. The van der Waals surface area contributed by atoms with E-state index in [0.717, 1.165) is 16.3 Å². The fraction of sp³-hybridized carbons (Fsp3) is 0.167. The Morgan fingerprint density at radius 1 is 0.857 bits per heavy atom. The average molecular weight is 463 g/mol. The third-order valence-corrected chi connectivity index (χ3v) is 6.52. The molecule has 1 amide bonds. The summed E-state index contributed by atoms with van der Waals surface area (Å²) >= 11 is 0. The number of benzene rings is 3. The van der Waals surface area contributed by atoms with Gasteiger partial charge < -0.3 is 5.11 Å². The number of hydrogen-bond donors (Lipinski definition) is 1. The molecule has 1 fully saturated rings. The van der Waals surface area contributed by atoms with E-state index in [1.54, 1.807) is 30.6 Å². The molecular weight excluding hydrogens is 436 g/mol. The van der Waals surface area contributed by atoms with Gasteiger partial charge in [-0.05, 0) is 51.6 Å². The SMILES string of the molecule is CC(C)(C)c1ccc(N2C(=O)C(=O)/C(=C(\O)c3cccc4ccccc34)C2c2ccncc2)cc1. The lowest BCUT2D eigenvalue weighted by atomic mass is 9.87. The molecule has 1 aliphatic rings. The van der Waals surface area contributed by atoms with Crippen LogP contribution < -0.4 is 4.90 Å². The average Bonchev–Trinajstić information content (AvgIpc) is 3.13. The molecule has 0 spiro atoms. The molecule has 1 unspecified atom stereocenters. The number of aliphatic hydroxyl groups is 1. The molecule has 1 saturated heterocycles. The van der Waals surface area contributed by atoms with Crippen LogP contribution in [0.25, 0.3) is 16.5 Å². The lowest BCUT2D eigenvalue weighted by Gasteiger charge is -2.26. The highest BCUT2D eigenvalue weighted by Gasteiger charge is 2.47. The summed E-state index contributed by atoms with van der Waals surface area (Å²) in [5, 5.41) is 13.3. The fourth-order valence-electron chi connectivity index (χ4n) is 4.66. The monoisotopic (exact) mass is 462 g/mol. The van der Waals surface area contributed by atoms with Crippen LogP contribution in [0.3, 0.4) is 0 Å². The van der Waals surface area contributed by atoms with Crippen LogP contribution in [0.15, 0.2) is 96.8 Å². The Balaban J connectivity index is 1.72. The molecule has 2 heterocycles. The molecule has 1 atom stereocenters. The second-order valence-corrected chi connectivity index (χ2v) is 9.77. The maximum absolute atomic E-state index is 13.4. The summed E-state index contributed by atoms with van der Waals surface area (Å²) in [6.45, 7) is 6.36. The van der Waals surface area contributed by atoms with Gasteiger partial charge in [0, 0.05) is 23.6 Å². The van der Waals surface area contributed by atoms with Crippen molar-refractivity contribution in [3.63, 3.8) is 0 Å². The van der Waals surface area contributed by atoms with Crippen LogP contribution in [0, 0.1) is 0 Å². The van der Waals surface area contributed by atoms with E-state index in [4.69, 9.17) is 0 Å². The summed E-state index contributed by atoms with van der Waals surface area (Å²) < 4.78 is 0. The van der Waals surface area contributed by atoms with Crippen molar-refractivity contribution in [3.8, 4) is 0 Å². The minimum absolute atomic E-state index is 0.0500. The summed E-state index contributed by atoms with van der Waals surface area (Å²) in [4.78, 5) is 32.4. The number of amides is 1. The molecule has 0 bridgehead atoms. The normalized spacial score (nSPS) is 17.8. The van der Waals surface area contributed by atoms with Crippen LogP contribution in [0.1, 0.15) is 43.5 Å². The van der Waals surface area contributed by atoms with E-state index in [-0.39, 0.29) is 16.7 Å². The Morgan fingerprint density at radius 3 is 2.20 bits per heavy atom. The number of Topliss-reactive ketones (excluding diaryl/α,β-unsaturated/α-hetero) is 1. The molecular formula is C30H26N2O3. The Morgan fingerprint density at radius 2 is 1.51 bits per heavy atom. The first-order chi connectivity index (χ1) is 16.8. The first-order valence-corrected chi connectivity index (χ1v) is 11.6. The third kappa shape index (κ3) is 3.89. The van der Waals surface area contributed by atoms with Gasteiger partial charge in [0.05, 0.1) is 11.6 Å². The standard InChI is InChI=1S/C30H26N2O3/c1-30(2,3)21-11-13-22(14-12-21)32-26(20-15-17-31-18-16-20)25(28(34)29(32)35)27(33)24-10-6-8-19-7-4-5-9-23(19)24/h4-18,26,33H,1-3H3/b27-25-. The van der Waals surface area contributed by atoms with Crippen LogP contribution in [0.2, 0.25) is 0 Å². The van der Waals surface area contributed by atoms with Crippen LogP contribution in [-0.4, -0.2) is 21.8 Å². The van der Waals surface area contributed by atoms with E-state index in [2.05, 4.69) is 25.8 Å². The first kappa shape index (κ1) is 22.5. The predicted octanol–water partition coefficient (Wildman–Crippen LogP) is 6.16. The Bertz CT molecular complexity index is 1460. The molecule has 35 heavy (non-hydrogen) atoms. The number of carbonyl (C=O) groups excluding carboxylic acids is 2. The summed E-state index contributed by atoms with van der Waals surface area (Å²) in [6, 6.07) is 23.6. The first-order valence-electron chi connectivity index (χ1n) is 11.6. The zero-order chi connectivity index (χ0) is 24.7. The number of hydrogen-bond acceptors (Lipinski definition) is 4. The maximum atomic E-state index is 13.4. The van der Waals surface area contributed by atoms with E-state index in [0.29, 0.717) is 16.8 Å². The number of fused-ring (bicyclic) bond motifs is 1. The van der Waals surface area contributed by atoms with Crippen molar-refractivity contribution in [1.82, 2.24) is 4.98 Å². The minimum Gasteiger partial charge on any atom is -0.507 e. The molecule has 4 aromatic rings. The van der Waals surface area contributed by atoms with Gasteiger partial charge in [-0.1, -0.05) is 75.4 Å². The number of pyridine rings is 1. The van der Waals surface area contributed by atoms with Crippen molar-refractivity contribution in [2.24, 2.45) is 0 Å². The molecule has 0 aliphatic carbocycles. The number of carbonyl (C=O) groups is 2. The second kappa shape index (κ2) is 8.51. The molecule has 1 aliphatic heterocycles. The van der Waals surface area contributed by atoms with Crippen LogP contribution >= 0.6 is 0 Å². The number of rotatable bonds is 3. The molecule has 5 nitrogen and oxygen atoms in total. The molecule has 3 aromatic carbocycles. The Hall–Kier alpha value is -4.25. The highest BCUT2D eigenvalue weighted by molar-refractivity contribution is 6.51. The van der Waals surface area contributed by atoms with E-state index in [1.165, 1.54) is 4.90 Å². The van der Waals surface area contributed by atoms with Crippen LogP contribution in [0.4, 0.5) is 5.69 Å². The lowest BCUT2D eigenvalue weighted by Crippen LogP contribution is -2.29. The van der Waals surface area contributed by atoms with Gasteiger partial charge in [-0.3, -0.25) is 19.5 Å². The van der Waals surface area contributed by atoms with Crippen molar-refractivity contribution >= 4 is 33.9 Å². The largest absolute Gasteiger partial charge is 0.507 e. The quantitative estimate of drug-likeness (QED) is 0.225. The van der Waals surface area contributed by atoms with E-state index in [1.807, 2.05) is 60.7 Å². The zero-order valence-electron chi connectivity index (χ0n) is 19.9. The van der Waals surface area contributed by atoms with Gasteiger partial charge in [-0.15, -0.1) is 0 Å². The van der Waals surface area contributed by atoms with Gasteiger partial charge in [0.1, 0.15) is 5.76 Å². The summed E-state index contributed by atoms with van der Waals surface area (Å²) in [5.74, 6) is -1.56. The van der Waals surface area contributed by atoms with Crippen LogP contribution in [-0.2, 0) is 15.0 Å². The fourth-order valence-corrected chi connectivity index (χ4v) is 4.66. The zero-order valence-corrected chi connectivity index (χ0v) is 19.9. The summed E-state index contributed by atoms with van der Waals surface area (Å²) in [5.41, 5.74) is 2.94. The van der Waals surface area contributed by atoms with Crippen molar-refractivity contribution in [2.45, 2.75) is 32.2 Å². The number of aliphatic hydroxyl groups excluding tert-OH is 1. The van der Waals surface area contributed by atoms with Gasteiger partial charge in [0.2, 0.25) is 0 Å². The molecule has 5 heteroatoms. The van der Waals surface area contributed by atoms with Gasteiger partial charge in [-0.2, -0.15) is 0 Å². The highest BCUT2D eigenvalue weighted by atomic mass is 16.3. The van der Waals surface area contributed by atoms with Gasteiger partial charge in [0.25, 0.3) is 11.7 Å². The number of nitrogens with zero attached hydrogens (tertiary/aromatic N) is 2.